The number of fused-ring (bicyclic) bond motifs is 1. The third-order valence-corrected chi connectivity index (χ3v) is 6.05. The van der Waals surface area contributed by atoms with Crippen LogP contribution in [0, 0.1) is 0 Å². The van der Waals surface area contributed by atoms with Crippen LogP contribution in [-0.4, -0.2) is 69.1 Å². The van der Waals surface area contributed by atoms with Crippen LogP contribution in [0.2, 0.25) is 0 Å². The normalized spacial score (nSPS) is 15.5. The molecule has 2 aromatic rings. The number of nitrogens with one attached hydrogen (secondary N) is 1. The number of carbonyl (C=O) groups is 3. The second-order valence-corrected chi connectivity index (χ2v) is 8.26. The summed E-state index contributed by atoms with van der Waals surface area (Å²) in [5.41, 5.74) is 2.68. The maximum Gasteiger partial charge on any atom is 0.311 e. The lowest BCUT2D eigenvalue weighted by atomic mass is 10.2. The van der Waals surface area contributed by atoms with Crippen molar-refractivity contribution in [3.8, 4) is 5.75 Å². The van der Waals surface area contributed by atoms with Gasteiger partial charge in [-0.15, -0.1) is 0 Å². The number of rotatable bonds is 7. The molecule has 2 aliphatic heterocycles. The van der Waals surface area contributed by atoms with E-state index in [1.165, 1.54) is 11.0 Å². The predicted molar refractivity (Wildman–Crippen MR) is 134 cm³/mol. The lowest BCUT2D eigenvalue weighted by molar-refractivity contribution is -0.142. The monoisotopic (exact) mass is 478 g/mol. The van der Waals surface area contributed by atoms with E-state index in [1.54, 1.807) is 25.0 Å². The van der Waals surface area contributed by atoms with Gasteiger partial charge in [0.05, 0.1) is 37.2 Å². The molecule has 0 bridgehead atoms. The predicted octanol–water partition coefficient (Wildman–Crippen LogP) is 2.64. The zero-order chi connectivity index (χ0) is 24.8. The Balaban J connectivity index is 1.45. The van der Waals surface area contributed by atoms with Crippen LogP contribution >= 0.6 is 0 Å². The molecule has 0 saturated carbocycles. The van der Waals surface area contributed by atoms with Gasteiger partial charge in [-0.05, 0) is 31.2 Å². The molecule has 0 aliphatic carbocycles. The number of para-hydroxylation sites is 4. The SMILES string of the molecule is CCOC(=O)CC1=CC(=O)N(CC(=O)N2CCN(c3ccccc3OC)CC2)c2ccccc2N1. The average Bonchev–Trinajstić information content (AvgIpc) is 3.00. The number of hydrogen-bond donors (Lipinski definition) is 1. The minimum atomic E-state index is -0.422. The van der Waals surface area contributed by atoms with E-state index in [4.69, 9.17) is 9.47 Å². The van der Waals surface area contributed by atoms with Crippen LogP contribution in [0.25, 0.3) is 0 Å². The van der Waals surface area contributed by atoms with Crippen molar-refractivity contribution in [3.05, 3.63) is 60.3 Å². The molecule has 1 N–H and O–H groups in total. The highest BCUT2D eigenvalue weighted by atomic mass is 16.5. The zero-order valence-corrected chi connectivity index (χ0v) is 20.0. The van der Waals surface area contributed by atoms with Crippen molar-refractivity contribution in [1.29, 1.82) is 0 Å². The second kappa shape index (κ2) is 10.9. The lowest BCUT2D eigenvalue weighted by Crippen LogP contribution is -2.52. The van der Waals surface area contributed by atoms with Crippen LogP contribution in [0.1, 0.15) is 13.3 Å². The van der Waals surface area contributed by atoms with Crippen molar-refractivity contribution in [2.75, 3.05) is 61.6 Å². The first-order valence-electron chi connectivity index (χ1n) is 11.7. The maximum atomic E-state index is 13.2. The topological polar surface area (TPSA) is 91.4 Å². The molecule has 1 saturated heterocycles. The van der Waals surface area contributed by atoms with Gasteiger partial charge in [0.25, 0.3) is 5.91 Å². The Labute approximate surface area is 204 Å². The number of esters is 1. The summed E-state index contributed by atoms with van der Waals surface area (Å²) < 4.78 is 10.5. The fourth-order valence-electron chi connectivity index (χ4n) is 4.32. The van der Waals surface area contributed by atoms with Gasteiger partial charge in [-0.2, -0.15) is 0 Å². The van der Waals surface area contributed by atoms with Crippen LogP contribution < -0.4 is 19.9 Å². The van der Waals surface area contributed by atoms with Crippen LogP contribution in [-0.2, 0) is 19.1 Å². The first kappa shape index (κ1) is 24.1. The van der Waals surface area contributed by atoms with Crippen LogP contribution in [0.3, 0.4) is 0 Å². The minimum absolute atomic E-state index is 0.0550. The first-order chi connectivity index (χ1) is 17.0. The molecule has 2 heterocycles. The molecular formula is C26H30N4O5. The lowest BCUT2D eigenvalue weighted by Gasteiger charge is -2.37. The highest BCUT2D eigenvalue weighted by molar-refractivity contribution is 6.09. The summed E-state index contributed by atoms with van der Waals surface area (Å²) in [5, 5.41) is 3.15. The number of piperazine rings is 1. The van der Waals surface area contributed by atoms with Crippen molar-refractivity contribution in [3.63, 3.8) is 0 Å². The van der Waals surface area contributed by atoms with Gasteiger partial charge in [-0.25, -0.2) is 0 Å². The summed E-state index contributed by atoms with van der Waals surface area (Å²) in [6, 6.07) is 15.1. The molecule has 9 nitrogen and oxygen atoms in total. The molecule has 2 amide bonds. The molecule has 0 unspecified atom stereocenters. The van der Waals surface area contributed by atoms with Gasteiger partial charge in [-0.1, -0.05) is 24.3 Å². The third-order valence-electron chi connectivity index (χ3n) is 6.05. The quantitative estimate of drug-likeness (QED) is 0.612. The molecule has 0 atom stereocenters. The van der Waals surface area contributed by atoms with Gasteiger partial charge in [0.2, 0.25) is 5.91 Å². The molecule has 1 fully saturated rings. The van der Waals surface area contributed by atoms with E-state index >= 15 is 0 Å². The largest absolute Gasteiger partial charge is 0.495 e. The van der Waals surface area contributed by atoms with E-state index in [-0.39, 0.29) is 31.4 Å². The van der Waals surface area contributed by atoms with E-state index in [1.807, 2.05) is 42.5 Å². The molecular weight excluding hydrogens is 448 g/mol. The van der Waals surface area contributed by atoms with E-state index in [9.17, 15) is 14.4 Å². The Bertz CT molecular complexity index is 1120. The van der Waals surface area contributed by atoms with Crippen LogP contribution in [0.15, 0.2) is 60.3 Å². The summed E-state index contributed by atoms with van der Waals surface area (Å²) >= 11 is 0. The summed E-state index contributed by atoms with van der Waals surface area (Å²) in [4.78, 5) is 43.7. The molecule has 0 spiro atoms. The van der Waals surface area contributed by atoms with Crippen molar-refractivity contribution >= 4 is 34.8 Å². The van der Waals surface area contributed by atoms with Crippen molar-refractivity contribution in [1.82, 2.24) is 4.90 Å². The summed E-state index contributed by atoms with van der Waals surface area (Å²) in [7, 11) is 1.65. The molecule has 2 aliphatic rings. The molecule has 184 valence electrons. The van der Waals surface area contributed by atoms with Crippen molar-refractivity contribution in [2.45, 2.75) is 13.3 Å². The van der Waals surface area contributed by atoms with Gasteiger partial charge in [0, 0.05) is 38.0 Å². The fourth-order valence-corrected chi connectivity index (χ4v) is 4.32. The highest BCUT2D eigenvalue weighted by Gasteiger charge is 2.29. The standard InChI is InChI=1S/C26H30N4O5/c1-3-35-26(33)17-19-16-24(31)30(21-9-5-4-8-20(21)27-19)18-25(32)29-14-12-28(13-15-29)22-10-6-7-11-23(22)34-2/h4-11,16,27H,3,12-15,17-18H2,1-2H3. The smallest absolute Gasteiger partial charge is 0.311 e. The highest BCUT2D eigenvalue weighted by Crippen LogP contribution is 2.31. The molecule has 35 heavy (non-hydrogen) atoms. The first-order valence-corrected chi connectivity index (χ1v) is 11.7. The van der Waals surface area contributed by atoms with E-state index < -0.39 is 5.97 Å². The third kappa shape index (κ3) is 5.56. The van der Waals surface area contributed by atoms with Crippen molar-refractivity contribution in [2.24, 2.45) is 0 Å². The summed E-state index contributed by atoms with van der Waals surface area (Å²) in [5.74, 6) is -0.108. The molecule has 2 aromatic carbocycles. The fraction of sp³-hybridized carbons (Fsp3) is 0.346. The molecule has 9 heteroatoms. The Morgan fingerprint density at radius 2 is 1.66 bits per heavy atom. The van der Waals surface area contributed by atoms with Crippen LogP contribution in [0.4, 0.5) is 17.1 Å². The number of ether oxygens (including phenoxy) is 2. The summed E-state index contributed by atoms with van der Waals surface area (Å²) in [6.45, 7) is 4.34. The number of methoxy groups -OCH3 is 1. The van der Waals surface area contributed by atoms with E-state index in [0.717, 1.165) is 11.4 Å². The van der Waals surface area contributed by atoms with Crippen molar-refractivity contribution < 1.29 is 23.9 Å². The number of carbonyl (C=O) groups excluding carboxylic acids is 3. The average molecular weight is 479 g/mol. The number of benzene rings is 2. The Morgan fingerprint density at radius 1 is 0.971 bits per heavy atom. The Kier molecular flexibility index (Phi) is 7.54. The number of nitrogens with zero attached hydrogens (tertiary/aromatic N) is 3. The maximum absolute atomic E-state index is 13.2. The van der Waals surface area contributed by atoms with Gasteiger partial charge in [0.15, 0.2) is 0 Å². The second-order valence-electron chi connectivity index (χ2n) is 8.26. The van der Waals surface area contributed by atoms with E-state index in [2.05, 4.69) is 10.2 Å². The van der Waals surface area contributed by atoms with Gasteiger partial charge in [0.1, 0.15) is 12.3 Å². The zero-order valence-electron chi connectivity index (χ0n) is 20.0. The number of anilines is 3. The molecule has 0 aromatic heterocycles. The number of amides is 2. The van der Waals surface area contributed by atoms with Gasteiger partial charge < -0.3 is 24.6 Å². The number of hydrogen-bond acceptors (Lipinski definition) is 7. The van der Waals surface area contributed by atoms with E-state index in [0.29, 0.717) is 43.3 Å². The van der Waals surface area contributed by atoms with Crippen LogP contribution in [0.5, 0.6) is 5.75 Å². The Morgan fingerprint density at radius 3 is 2.37 bits per heavy atom. The summed E-state index contributed by atoms with van der Waals surface area (Å²) in [6.07, 6.45) is 1.31. The Hall–Kier alpha value is -4.01. The van der Waals surface area contributed by atoms with Gasteiger partial charge >= 0.3 is 5.97 Å². The van der Waals surface area contributed by atoms with Gasteiger partial charge in [-0.3, -0.25) is 19.3 Å². The molecule has 4 rings (SSSR count). The molecule has 0 radical (unpaired) electrons. The minimum Gasteiger partial charge on any atom is -0.495 e.